The second-order valence-corrected chi connectivity index (χ2v) is 4.42. The topological polar surface area (TPSA) is 60.8 Å². The number of phenols is 1. The summed E-state index contributed by atoms with van der Waals surface area (Å²) in [5.74, 6) is -1.16. The van der Waals surface area contributed by atoms with Crippen molar-refractivity contribution < 1.29 is 15.0 Å². The first-order valence-corrected chi connectivity index (χ1v) is 5.95. The highest BCUT2D eigenvalue weighted by molar-refractivity contribution is 5.91. The van der Waals surface area contributed by atoms with Crippen molar-refractivity contribution in [3.63, 3.8) is 0 Å². The summed E-state index contributed by atoms with van der Waals surface area (Å²) in [5.41, 5.74) is 0.709. The van der Waals surface area contributed by atoms with Crippen molar-refractivity contribution in [3.8, 4) is 5.75 Å². The van der Waals surface area contributed by atoms with E-state index < -0.39 is 5.97 Å². The van der Waals surface area contributed by atoms with Gasteiger partial charge in [0.15, 0.2) is 0 Å². The van der Waals surface area contributed by atoms with Crippen LogP contribution in [0.5, 0.6) is 5.75 Å². The van der Waals surface area contributed by atoms with Gasteiger partial charge in [-0.05, 0) is 44.0 Å². The van der Waals surface area contributed by atoms with E-state index in [1.807, 2.05) is 0 Å². The fourth-order valence-electron chi connectivity index (χ4n) is 2.25. The maximum Gasteiger partial charge on any atom is 0.339 e. The lowest BCUT2D eigenvalue weighted by atomic mass is 10.1. The maximum absolute atomic E-state index is 10.9. The van der Waals surface area contributed by atoms with Gasteiger partial charge >= 0.3 is 5.97 Å². The molecular weight excluding hydrogens is 218 g/mol. The highest BCUT2D eigenvalue weighted by atomic mass is 16.4. The molecule has 0 aliphatic carbocycles. The number of likely N-dealkylation sites (tertiary alicyclic amines) is 1. The highest BCUT2D eigenvalue weighted by Crippen LogP contribution is 2.23. The quantitative estimate of drug-likeness (QED) is 0.834. The van der Waals surface area contributed by atoms with Gasteiger partial charge in [-0.25, -0.2) is 4.79 Å². The number of hydrogen-bond donors (Lipinski definition) is 2. The molecular formula is C13H17NO3. The van der Waals surface area contributed by atoms with Crippen LogP contribution in [0.2, 0.25) is 0 Å². The summed E-state index contributed by atoms with van der Waals surface area (Å²) in [4.78, 5) is 13.2. The van der Waals surface area contributed by atoms with Gasteiger partial charge in [-0.2, -0.15) is 0 Å². The zero-order chi connectivity index (χ0) is 12.3. The fourth-order valence-corrected chi connectivity index (χ4v) is 2.25. The number of rotatable bonds is 4. The van der Waals surface area contributed by atoms with Crippen molar-refractivity contribution >= 4 is 5.97 Å². The second kappa shape index (κ2) is 5.19. The Labute approximate surface area is 100 Å². The van der Waals surface area contributed by atoms with Gasteiger partial charge in [0.2, 0.25) is 0 Å². The van der Waals surface area contributed by atoms with Gasteiger partial charge in [0.05, 0.1) is 0 Å². The zero-order valence-electron chi connectivity index (χ0n) is 9.72. The molecule has 0 spiro atoms. The Bertz CT molecular complexity index is 411. The number of para-hydroxylation sites is 1. The van der Waals surface area contributed by atoms with Crippen LogP contribution in [0.15, 0.2) is 18.2 Å². The number of aromatic carboxylic acids is 1. The summed E-state index contributed by atoms with van der Waals surface area (Å²) in [7, 11) is 0. The average Bonchev–Trinajstić information content (AvgIpc) is 2.80. The number of nitrogens with zero attached hydrogens (tertiary/aromatic N) is 1. The van der Waals surface area contributed by atoms with Gasteiger partial charge in [-0.15, -0.1) is 0 Å². The van der Waals surface area contributed by atoms with E-state index in [1.165, 1.54) is 18.9 Å². The van der Waals surface area contributed by atoms with Crippen molar-refractivity contribution in [1.29, 1.82) is 0 Å². The molecule has 1 aromatic rings. The SMILES string of the molecule is O=C(O)c1cccc(CCN2CCCC2)c1O. The molecule has 2 N–H and O–H groups in total. The maximum atomic E-state index is 10.9. The number of hydrogen-bond acceptors (Lipinski definition) is 3. The third-order valence-electron chi connectivity index (χ3n) is 3.25. The lowest BCUT2D eigenvalue weighted by Crippen LogP contribution is -2.22. The molecule has 0 aromatic heterocycles. The van der Waals surface area contributed by atoms with E-state index in [1.54, 1.807) is 12.1 Å². The Hall–Kier alpha value is -1.55. The van der Waals surface area contributed by atoms with Gasteiger partial charge in [0.25, 0.3) is 0 Å². The first kappa shape index (κ1) is 11.9. The monoisotopic (exact) mass is 235 g/mol. The predicted octanol–water partition coefficient (Wildman–Crippen LogP) is 1.73. The molecule has 1 aromatic carbocycles. The minimum absolute atomic E-state index is 0.0103. The molecule has 1 saturated heterocycles. The molecule has 4 heteroatoms. The van der Waals surface area contributed by atoms with Gasteiger partial charge < -0.3 is 15.1 Å². The van der Waals surface area contributed by atoms with Crippen LogP contribution in [-0.4, -0.2) is 40.7 Å². The Balaban J connectivity index is 2.04. The van der Waals surface area contributed by atoms with Gasteiger partial charge in [0.1, 0.15) is 11.3 Å². The van der Waals surface area contributed by atoms with Crippen LogP contribution < -0.4 is 0 Å². The van der Waals surface area contributed by atoms with Crippen molar-refractivity contribution in [2.24, 2.45) is 0 Å². The van der Waals surface area contributed by atoms with Crippen LogP contribution in [0.4, 0.5) is 0 Å². The van der Waals surface area contributed by atoms with Crippen LogP contribution in [0, 0.1) is 0 Å². The summed E-state index contributed by atoms with van der Waals surface area (Å²) in [6.45, 7) is 3.11. The van der Waals surface area contributed by atoms with Crippen LogP contribution in [-0.2, 0) is 6.42 Å². The Kier molecular flexibility index (Phi) is 3.64. The van der Waals surface area contributed by atoms with E-state index in [4.69, 9.17) is 5.11 Å². The van der Waals surface area contributed by atoms with E-state index in [-0.39, 0.29) is 11.3 Å². The lowest BCUT2D eigenvalue weighted by molar-refractivity contribution is 0.0693. The summed E-state index contributed by atoms with van der Waals surface area (Å²) in [5, 5.41) is 18.7. The molecule has 2 rings (SSSR count). The molecule has 0 amide bonds. The third kappa shape index (κ3) is 2.77. The molecule has 1 heterocycles. The van der Waals surface area contributed by atoms with Crippen LogP contribution in [0.3, 0.4) is 0 Å². The number of carboxylic acids is 1. The minimum Gasteiger partial charge on any atom is -0.507 e. The molecule has 0 saturated carbocycles. The minimum atomic E-state index is -1.08. The normalized spacial score (nSPS) is 16.2. The number of carboxylic acid groups (broad SMARTS) is 1. The Morgan fingerprint density at radius 3 is 2.65 bits per heavy atom. The van der Waals surface area contributed by atoms with Crippen molar-refractivity contribution in [2.45, 2.75) is 19.3 Å². The molecule has 0 unspecified atom stereocenters. The molecule has 92 valence electrons. The second-order valence-electron chi connectivity index (χ2n) is 4.42. The van der Waals surface area contributed by atoms with Crippen LogP contribution in [0.25, 0.3) is 0 Å². The van der Waals surface area contributed by atoms with E-state index in [0.29, 0.717) is 6.42 Å². The van der Waals surface area contributed by atoms with Gasteiger partial charge in [-0.3, -0.25) is 0 Å². The number of benzene rings is 1. The summed E-state index contributed by atoms with van der Waals surface area (Å²) >= 11 is 0. The van der Waals surface area contributed by atoms with Crippen LogP contribution in [0.1, 0.15) is 28.8 Å². The molecule has 0 atom stereocenters. The Morgan fingerprint density at radius 2 is 2.00 bits per heavy atom. The van der Waals surface area contributed by atoms with Crippen molar-refractivity contribution in [2.75, 3.05) is 19.6 Å². The molecule has 4 nitrogen and oxygen atoms in total. The molecule has 1 aliphatic rings. The molecule has 1 aliphatic heterocycles. The highest BCUT2D eigenvalue weighted by Gasteiger charge is 2.15. The van der Waals surface area contributed by atoms with E-state index in [0.717, 1.165) is 25.2 Å². The smallest absolute Gasteiger partial charge is 0.339 e. The molecule has 17 heavy (non-hydrogen) atoms. The molecule has 0 bridgehead atoms. The summed E-state index contributed by atoms with van der Waals surface area (Å²) in [6, 6.07) is 4.90. The molecule has 1 fully saturated rings. The van der Waals surface area contributed by atoms with Gasteiger partial charge in [0, 0.05) is 6.54 Å². The Morgan fingerprint density at radius 1 is 1.29 bits per heavy atom. The molecule has 0 radical (unpaired) electrons. The van der Waals surface area contributed by atoms with E-state index in [2.05, 4.69) is 4.90 Å². The van der Waals surface area contributed by atoms with Gasteiger partial charge in [-0.1, -0.05) is 12.1 Å². The van der Waals surface area contributed by atoms with Crippen molar-refractivity contribution in [1.82, 2.24) is 4.90 Å². The average molecular weight is 235 g/mol. The number of aromatic hydroxyl groups is 1. The summed E-state index contributed by atoms with van der Waals surface area (Å²) in [6.07, 6.45) is 3.18. The lowest BCUT2D eigenvalue weighted by Gasteiger charge is -2.15. The first-order chi connectivity index (χ1) is 8.18. The standard InChI is InChI=1S/C13H17NO3/c15-12-10(4-3-5-11(12)13(16)17)6-9-14-7-1-2-8-14/h3-5,15H,1-2,6-9H2,(H,16,17). The zero-order valence-corrected chi connectivity index (χ0v) is 9.72. The predicted molar refractivity (Wildman–Crippen MR) is 64.4 cm³/mol. The summed E-state index contributed by atoms with van der Waals surface area (Å²) < 4.78 is 0. The van der Waals surface area contributed by atoms with E-state index in [9.17, 15) is 9.90 Å². The van der Waals surface area contributed by atoms with Crippen LogP contribution >= 0.6 is 0 Å². The first-order valence-electron chi connectivity index (χ1n) is 5.95. The fraction of sp³-hybridized carbons (Fsp3) is 0.462. The largest absolute Gasteiger partial charge is 0.507 e. The van der Waals surface area contributed by atoms with E-state index >= 15 is 0 Å². The number of carbonyl (C=O) groups is 1. The van der Waals surface area contributed by atoms with Crippen molar-refractivity contribution in [3.05, 3.63) is 29.3 Å². The third-order valence-corrected chi connectivity index (χ3v) is 3.25.